The van der Waals surface area contributed by atoms with E-state index in [0.717, 1.165) is 17.7 Å². The fourth-order valence-electron chi connectivity index (χ4n) is 2.54. The maximum Gasteiger partial charge on any atom is 0.257 e. The van der Waals surface area contributed by atoms with Crippen LogP contribution in [-0.2, 0) is 4.79 Å². The van der Waals surface area contributed by atoms with Gasteiger partial charge in [-0.1, -0.05) is 5.57 Å². The second-order valence-electron chi connectivity index (χ2n) is 6.46. The standard InChI is InChI=1S/C20H25FN4O/c1-14(2)11-24-19-8-9-25(13-15(19)3)20(26)16(10-22)12-23-18-6-4-17(21)5-7-18/h4-7,10-12,24H,8-9,13,22H2,1-3H3/b16-10+,23-12?. The van der Waals surface area contributed by atoms with E-state index >= 15 is 0 Å². The number of nitrogens with two attached hydrogens (primary N) is 1. The Labute approximate surface area is 153 Å². The molecule has 1 amide bonds. The van der Waals surface area contributed by atoms with Crippen molar-refractivity contribution in [3.8, 4) is 0 Å². The summed E-state index contributed by atoms with van der Waals surface area (Å²) in [4.78, 5) is 18.6. The quantitative estimate of drug-likeness (QED) is 0.627. The molecule has 0 radical (unpaired) electrons. The van der Waals surface area contributed by atoms with E-state index in [4.69, 9.17) is 5.73 Å². The molecule has 0 fully saturated rings. The number of amides is 1. The molecule has 138 valence electrons. The lowest BCUT2D eigenvalue weighted by Gasteiger charge is -2.30. The number of hydrogen-bond donors (Lipinski definition) is 2. The average molecular weight is 356 g/mol. The second kappa shape index (κ2) is 8.99. The molecule has 1 aromatic carbocycles. The molecule has 0 aromatic heterocycles. The van der Waals surface area contributed by atoms with Gasteiger partial charge in [0.25, 0.3) is 5.91 Å². The van der Waals surface area contributed by atoms with E-state index in [9.17, 15) is 9.18 Å². The van der Waals surface area contributed by atoms with Crippen LogP contribution in [-0.4, -0.2) is 30.1 Å². The number of carbonyl (C=O) groups excluding carboxylic acids is 1. The minimum Gasteiger partial charge on any atom is -0.404 e. The fourth-order valence-corrected chi connectivity index (χ4v) is 2.54. The summed E-state index contributed by atoms with van der Waals surface area (Å²) in [6.07, 6.45) is 5.40. The maximum absolute atomic E-state index is 12.9. The van der Waals surface area contributed by atoms with Crippen LogP contribution in [0.5, 0.6) is 0 Å². The van der Waals surface area contributed by atoms with Gasteiger partial charge in [-0.2, -0.15) is 0 Å². The van der Waals surface area contributed by atoms with Crippen LogP contribution in [0.1, 0.15) is 27.2 Å². The minimum atomic E-state index is -0.331. The third-order valence-electron chi connectivity index (χ3n) is 4.00. The van der Waals surface area contributed by atoms with Crippen LogP contribution >= 0.6 is 0 Å². The number of halogens is 1. The molecule has 0 bridgehead atoms. The third kappa shape index (κ3) is 5.31. The van der Waals surface area contributed by atoms with E-state index in [1.54, 1.807) is 17.0 Å². The largest absolute Gasteiger partial charge is 0.404 e. The van der Waals surface area contributed by atoms with Crippen molar-refractivity contribution in [2.75, 3.05) is 13.1 Å². The number of benzene rings is 1. The molecule has 0 atom stereocenters. The molecule has 0 saturated carbocycles. The van der Waals surface area contributed by atoms with Gasteiger partial charge in [-0.3, -0.25) is 9.79 Å². The summed E-state index contributed by atoms with van der Waals surface area (Å²) >= 11 is 0. The van der Waals surface area contributed by atoms with Gasteiger partial charge in [0, 0.05) is 37.6 Å². The van der Waals surface area contributed by atoms with Crippen LogP contribution in [0.15, 0.2) is 64.1 Å². The number of allylic oxidation sites excluding steroid dienone is 1. The van der Waals surface area contributed by atoms with Crippen molar-refractivity contribution in [1.29, 1.82) is 0 Å². The van der Waals surface area contributed by atoms with Crippen molar-refractivity contribution in [3.63, 3.8) is 0 Å². The summed E-state index contributed by atoms with van der Waals surface area (Å²) in [5, 5.41) is 3.31. The Kier molecular flexibility index (Phi) is 6.72. The van der Waals surface area contributed by atoms with Gasteiger partial charge in [-0.25, -0.2) is 4.39 Å². The lowest BCUT2D eigenvalue weighted by Crippen LogP contribution is -2.39. The Morgan fingerprint density at radius 2 is 2.00 bits per heavy atom. The molecule has 0 unspecified atom stereocenters. The zero-order valence-corrected chi connectivity index (χ0v) is 15.4. The summed E-state index contributed by atoms with van der Waals surface area (Å²) in [7, 11) is 0. The lowest BCUT2D eigenvalue weighted by atomic mass is 10.1. The van der Waals surface area contributed by atoms with Gasteiger partial charge < -0.3 is 16.0 Å². The molecule has 0 aliphatic carbocycles. The lowest BCUT2D eigenvalue weighted by molar-refractivity contribution is -0.126. The molecule has 1 aliphatic rings. The van der Waals surface area contributed by atoms with E-state index in [0.29, 0.717) is 24.4 Å². The highest BCUT2D eigenvalue weighted by Gasteiger charge is 2.22. The fraction of sp³-hybridized carbons (Fsp3) is 0.300. The molecule has 6 heteroatoms. The highest BCUT2D eigenvalue weighted by atomic mass is 19.1. The van der Waals surface area contributed by atoms with Crippen molar-refractivity contribution in [2.45, 2.75) is 27.2 Å². The summed E-state index contributed by atoms with van der Waals surface area (Å²) in [5.41, 5.74) is 9.94. The first kappa shape index (κ1) is 19.4. The van der Waals surface area contributed by atoms with Crippen molar-refractivity contribution in [2.24, 2.45) is 10.7 Å². The van der Waals surface area contributed by atoms with Crippen LogP contribution < -0.4 is 11.1 Å². The summed E-state index contributed by atoms with van der Waals surface area (Å²) in [6.45, 7) is 7.22. The summed E-state index contributed by atoms with van der Waals surface area (Å²) in [5.74, 6) is -0.498. The van der Waals surface area contributed by atoms with Gasteiger partial charge in [0.2, 0.25) is 0 Å². The van der Waals surface area contributed by atoms with Gasteiger partial charge in [-0.15, -0.1) is 0 Å². The predicted octanol–water partition coefficient (Wildman–Crippen LogP) is 3.39. The minimum absolute atomic E-state index is 0.168. The molecular weight excluding hydrogens is 331 g/mol. The number of hydrogen-bond acceptors (Lipinski definition) is 4. The number of nitrogens with one attached hydrogen (secondary N) is 1. The molecule has 3 N–H and O–H groups in total. The Morgan fingerprint density at radius 1 is 1.31 bits per heavy atom. The predicted molar refractivity (Wildman–Crippen MR) is 103 cm³/mol. The van der Waals surface area contributed by atoms with Crippen molar-refractivity contribution in [3.05, 3.63) is 64.9 Å². The number of aliphatic imine (C=N–C) groups is 1. The summed E-state index contributed by atoms with van der Waals surface area (Å²) in [6, 6.07) is 5.72. The molecule has 1 aromatic rings. The first-order valence-electron chi connectivity index (χ1n) is 8.50. The molecule has 5 nitrogen and oxygen atoms in total. The van der Waals surface area contributed by atoms with Crippen LogP contribution in [0.4, 0.5) is 10.1 Å². The normalized spacial score (nSPS) is 15.4. The van der Waals surface area contributed by atoms with E-state index in [1.165, 1.54) is 30.1 Å². The van der Waals surface area contributed by atoms with E-state index < -0.39 is 0 Å². The highest BCUT2D eigenvalue weighted by Crippen LogP contribution is 2.18. The molecular formula is C20H25FN4O. The van der Waals surface area contributed by atoms with E-state index in [-0.39, 0.29) is 11.7 Å². The van der Waals surface area contributed by atoms with Crippen molar-refractivity contribution in [1.82, 2.24) is 10.2 Å². The number of rotatable bonds is 5. The molecule has 1 heterocycles. The van der Waals surface area contributed by atoms with Gasteiger partial charge in [0.15, 0.2) is 0 Å². The van der Waals surface area contributed by atoms with Gasteiger partial charge >= 0.3 is 0 Å². The van der Waals surface area contributed by atoms with Gasteiger partial charge in [0.1, 0.15) is 5.82 Å². The molecule has 0 saturated heterocycles. The maximum atomic E-state index is 12.9. The Morgan fingerprint density at radius 3 is 2.58 bits per heavy atom. The number of nitrogens with zero attached hydrogens (tertiary/aromatic N) is 2. The Balaban J connectivity index is 2.05. The molecule has 1 aliphatic heterocycles. The summed E-state index contributed by atoms with van der Waals surface area (Å²) < 4.78 is 12.9. The number of carbonyl (C=O) groups is 1. The first-order valence-corrected chi connectivity index (χ1v) is 8.50. The monoisotopic (exact) mass is 356 g/mol. The van der Waals surface area contributed by atoms with Gasteiger partial charge in [0.05, 0.1) is 11.3 Å². The van der Waals surface area contributed by atoms with E-state index in [2.05, 4.69) is 10.3 Å². The topological polar surface area (TPSA) is 70.7 Å². The second-order valence-corrected chi connectivity index (χ2v) is 6.46. The first-order chi connectivity index (χ1) is 12.4. The van der Waals surface area contributed by atoms with Crippen LogP contribution in [0.25, 0.3) is 0 Å². The Hall–Kier alpha value is -2.89. The Bertz CT molecular complexity index is 772. The zero-order chi connectivity index (χ0) is 19.1. The average Bonchev–Trinajstić information content (AvgIpc) is 2.62. The molecule has 26 heavy (non-hydrogen) atoms. The van der Waals surface area contributed by atoms with Crippen molar-refractivity contribution < 1.29 is 9.18 Å². The van der Waals surface area contributed by atoms with E-state index in [1.807, 2.05) is 27.0 Å². The molecule has 2 rings (SSSR count). The molecule has 0 spiro atoms. The van der Waals surface area contributed by atoms with Crippen LogP contribution in [0.3, 0.4) is 0 Å². The van der Waals surface area contributed by atoms with Gasteiger partial charge in [-0.05, 0) is 56.8 Å². The third-order valence-corrected chi connectivity index (χ3v) is 4.00. The van der Waals surface area contributed by atoms with Crippen LogP contribution in [0, 0.1) is 5.82 Å². The SMILES string of the molecule is CC(C)=CNC1=C(C)CN(C(=O)/C(C=Nc2ccc(F)cc2)=C/N)CC1. The van der Waals surface area contributed by atoms with Crippen LogP contribution in [0.2, 0.25) is 0 Å². The highest BCUT2D eigenvalue weighted by molar-refractivity contribution is 6.12. The zero-order valence-electron chi connectivity index (χ0n) is 15.4. The van der Waals surface area contributed by atoms with Crippen molar-refractivity contribution >= 4 is 17.8 Å². The smallest absolute Gasteiger partial charge is 0.257 e.